The van der Waals surface area contributed by atoms with E-state index < -0.39 is 10.0 Å². The van der Waals surface area contributed by atoms with Crippen molar-refractivity contribution >= 4 is 15.9 Å². The summed E-state index contributed by atoms with van der Waals surface area (Å²) in [5.74, 6) is -0.449. The highest BCUT2D eigenvalue weighted by molar-refractivity contribution is 7.89. The minimum absolute atomic E-state index is 0.0552. The first-order valence-corrected chi connectivity index (χ1v) is 11.7. The zero-order valence-corrected chi connectivity index (χ0v) is 18.6. The monoisotopic (exact) mass is 455 g/mol. The maximum atomic E-state index is 13.4. The van der Waals surface area contributed by atoms with Gasteiger partial charge in [0, 0.05) is 6.54 Å². The predicted molar refractivity (Wildman–Crippen MR) is 122 cm³/mol. The van der Waals surface area contributed by atoms with Crippen LogP contribution in [0.2, 0.25) is 0 Å². The number of nitrogens with one attached hydrogen (secondary N) is 1. The summed E-state index contributed by atoms with van der Waals surface area (Å²) in [6.07, 6.45) is 0.556. The first-order chi connectivity index (χ1) is 15.2. The van der Waals surface area contributed by atoms with Crippen LogP contribution in [0.15, 0.2) is 83.8 Å². The Bertz CT molecular complexity index is 1140. The highest BCUT2D eigenvalue weighted by Gasteiger charge is 2.21. The molecular weight excluding hydrogens is 429 g/mol. The summed E-state index contributed by atoms with van der Waals surface area (Å²) >= 11 is 0. The fourth-order valence-electron chi connectivity index (χ4n) is 3.55. The smallest absolute Gasteiger partial charge is 0.238 e. The molecule has 0 aliphatic heterocycles. The predicted octanol–water partition coefficient (Wildman–Crippen LogP) is 2.85. The summed E-state index contributed by atoms with van der Waals surface area (Å²) in [4.78, 5) is 14.5. The third kappa shape index (κ3) is 6.46. The van der Waals surface area contributed by atoms with Crippen LogP contribution < -0.4 is 10.5 Å². The standard InChI is InChI=1S/C24H26FN3O3S/c1-28(24(19-5-3-2-4-6-19)20-9-11-21(25)12-10-20)17-23(29)27-16-15-18-7-13-22(14-8-18)32(26,30)31/h2-14,24H,15-17H2,1H3,(H,27,29)(H2,26,30,31). The highest BCUT2D eigenvalue weighted by Crippen LogP contribution is 2.27. The van der Waals surface area contributed by atoms with Crippen LogP contribution >= 0.6 is 0 Å². The average molecular weight is 456 g/mol. The molecule has 0 spiro atoms. The van der Waals surface area contributed by atoms with Gasteiger partial charge in [0.25, 0.3) is 0 Å². The number of halogens is 1. The Balaban J connectivity index is 1.60. The van der Waals surface area contributed by atoms with E-state index in [2.05, 4.69) is 5.32 Å². The zero-order valence-electron chi connectivity index (χ0n) is 17.7. The van der Waals surface area contributed by atoms with Gasteiger partial charge >= 0.3 is 0 Å². The number of hydrogen-bond acceptors (Lipinski definition) is 4. The molecule has 0 aliphatic carbocycles. The topological polar surface area (TPSA) is 92.5 Å². The van der Waals surface area contributed by atoms with Gasteiger partial charge < -0.3 is 5.32 Å². The van der Waals surface area contributed by atoms with Crippen LogP contribution in [0.25, 0.3) is 0 Å². The van der Waals surface area contributed by atoms with Gasteiger partial charge in [0.1, 0.15) is 5.82 Å². The van der Waals surface area contributed by atoms with Crippen molar-refractivity contribution in [1.29, 1.82) is 0 Å². The van der Waals surface area contributed by atoms with Gasteiger partial charge in [-0.15, -0.1) is 0 Å². The molecular formula is C24H26FN3O3S. The lowest BCUT2D eigenvalue weighted by Gasteiger charge is -2.28. The van der Waals surface area contributed by atoms with Crippen LogP contribution in [0.5, 0.6) is 0 Å². The van der Waals surface area contributed by atoms with Crippen LogP contribution in [-0.4, -0.2) is 39.4 Å². The Morgan fingerprint density at radius 3 is 2.16 bits per heavy atom. The molecule has 3 aromatic rings. The molecule has 3 N–H and O–H groups in total. The number of nitrogens with zero attached hydrogens (tertiary/aromatic N) is 1. The SMILES string of the molecule is CN(CC(=O)NCCc1ccc(S(N)(=O)=O)cc1)C(c1ccccc1)c1ccc(F)cc1. The number of sulfonamides is 1. The number of benzene rings is 3. The first-order valence-electron chi connectivity index (χ1n) is 10.1. The van der Waals surface area contributed by atoms with Gasteiger partial charge in [-0.3, -0.25) is 9.69 Å². The van der Waals surface area contributed by atoms with Gasteiger partial charge in [0.15, 0.2) is 0 Å². The highest BCUT2D eigenvalue weighted by atomic mass is 32.2. The van der Waals surface area contributed by atoms with Crippen molar-refractivity contribution in [2.24, 2.45) is 5.14 Å². The second-order valence-corrected chi connectivity index (χ2v) is 9.13. The molecule has 0 radical (unpaired) electrons. The van der Waals surface area contributed by atoms with E-state index in [1.54, 1.807) is 24.3 Å². The lowest BCUT2D eigenvalue weighted by Crippen LogP contribution is -2.38. The third-order valence-corrected chi connectivity index (χ3v) is 6.05. The Morgan fingerprint density at radius 2 is 1.56 bits per heavy atom. The third-order valence-electron chi connectivity index (χ3n) is 5.12. The van der Waals surface area contributed by atoms with Gasteiger partial charge in [-0.05, 0) is 54.4 Å². The molecule has 0 saturated carbocycles. The van der Waals surface area contributed by atoms with Gasteiger partial charge in [-0.1, -0.05) is 54.6 Å². The largest absolute Gasteiger partial charge is 0.355 e. The summed E-state index contributed by atoms with van der Waals surface area (Å²) < 4.78 is 36.1. The zero-order chi connectivity index (χ0) is 23.1. The molecule has 6 nitrogen and oxygen atoms in total. The fourth-order valence-corrected chi connectivity index (χ4v) is 4.06. The van der Waals surface area contributed by atoms with E-state index in [0.717, 1.165) is 16.7 Å². The van der Waals surface area contributed by atoms with E-state index in [4.69, 9.17) is 5.14 Å². The lowest BCUT2D eigenvalue weighted by atomic mass is 9.97. The molecule has 1 unspecified atom stereocenters. The Labute approximate surface area is 187 Å². The minimum atomic E-state index is -3.72. The molecule has 0 aliphatic rings. The number of primary sulfonamides is 1. The second kappa shape index (κ2) is 10.5. The molecule has 0 heterocycles. The number of amides is 1. The van der Waals surface area contributed by atoms with Gasteiger partial charge in [0.2, 0.25) is 15.9 Å². The molecule has 8 heteroatoms. The number of carbonyl (C=O) groups excluding carboxylic acids is 1. The Hall–Kier alpha value is -3.07. The van der Waals surface area contributed by atoms with Crippen LogP contribution in [-0.2, 0) is 21.2 Å². The molecule has 0 fully saturated rings. The van der Waals surface area contributed by atoms with Crippen molar-refractivity contribution in [3.05, 3.63) is 101 Å². The van der Waals surface area contributed by atoms with Crippen LogP contribution in [0.4, 0.5) is 4.39 Å². The van der Waals surface area contributed by atoms with Crippen molar-refractivity contribution in [2.75, 3.05) is 20.1 Å². The number of nitrogens with two attached hydrogens (primary N) is 1. The lowest BCUT2D eigenvalue weighted by molar-refractivity contribution is -0.122. The molecule has 1 atom stereocenters. The number of carbonyl (C=O) groups is 1. The molecule has 3 rings (SSSR count). The maximum absolute atomic E-state index is 13.4. The van der Waals surface area contributed by atoms with Crippen molar-refractivity contribution < 1.29 is 17.6 Å². The summed E-state index contributed by atoms with van der Waals surface area (Å²) in [6, 6.07) is 22.1. The Morgan fingerprint density at radius 1 is 0.969 bits per heavy atom. The maximum Gasteiger partial charge on any atom is 0.238 e. The second-order valence-electron chi connectivity index (χ2n) is 7.57. The van der Waals surface area contributed by atoms with Crippen molar-refractivity contribution in [2.45, 2.75) is 17.4 Å². The normalized spacial score (nSPS) is 12.5. The van der Waals surface area contributed by atoms with E-state index in [0.29, 0.717) is 13.0 Å². The van der Waals surface area contributed by atoms with Gasteiger partial charge in [-0.2, -0.15) is 0 Å². The number of hydrogen-bond donors (Lipinski definition) is 2. The van der Waals surface area contributed by atoms with E-state index in [-0.39, 0.29) is 29.2 Å². The Kier molecular flexibility index (Phi) is 7.74. The summed E-state index contributed by atoms with van der Waals surface area (Å²) in [5.41, 5.74) is 2.78. The fraction of sp³-hybridized carbons (Fsp3) is 0.208. The number of likely N-dealkylation sites (N-methyl/N-ethyl adjacent to an activating group) is 1. The van der Waals surface area contributed by atoms with Gasteiger partial charge in [-0.25, -0.2) is 17.9 Å². The van der Waals surface area contributed by atoms with Gasteiger partial charge in [0.05, 0.1) is 17.5 Å². The molecule has 0 bridgehead atoms. The minimum Gasteiger partial charge on any atom is -0.355 e. The van der Waals surface area contributed by atoms with E-state index in [9.17, 15) is 17.6 Å². The summed E-state index contributed by atoms with van der Waals surface area (Å²) in [6.45, 7) is 0.565. The molecule has 0 aromatic heterocycles. The van der Waals surface area contributed by atoms with E-state index in [1.807, 2.05) is 42.3 Å². The van der Waals surface area contributed by atoms with Crippen molar-refractivity contribution in [3.63, 3.8) is 0 Å². The van der Waals surface area contributed by atoms with Crippen LogP contribution in [0.1, 0.15) is 22.7 Å². The average Bonchev–Trinajstić information content (AvgIpc) is 2.76. The quantitative estimate of drug-likeness (QED) is 0.519. The van der Waals surface area contributed by atoms with Crippen molar-refractivity contribution in [1.82, 2.24) is 10.2 Å². The van der Waals surface area contributed by atoms with Crippen LogP contribution in [0, 0.1) is 5.82 Å². The van der Waals surface area contributed by atoms with Crippen LogP contribution in [0.3, 0.4) is 0 Å². The summed E-state index contributed by atoms with van der Waals surface area (Å²) in [7, 11) is -1.87. The van der Waals surface area contributed by atoms with Crippen molar-refractivity contribution in [3.8, 4) is 0 Å². The number of rotatable bonds is 9. The molecule has 0 saturated heterocycles. The van der Waals surface area contributed by atoms with E-state index in [1.165, 1.54) is 24.3 Å². The molecule has 168 valence electrons. The molecule has 32 heavy (non-hydrogen) atoms. The molecule has 3 aromatic carbocycles. The summed E-state index contributed by atoms with van der Waals surface area (Å²) in [5, 5.41) is 7.99. The van der Waals surface area contributed by atoms with E-state index >= 15 is 0 Å². The molecule has 1 amide bonds. The first kappa shape index (κ1) is 23.6.